The smallest absolute Gasteiger partial charge is 0.240 e. The molecule has 0 fully saturated rings. The minimum absolute atomic E-state index is 0.444. The normalized spacial score (nSPS) is 12.5. The topological polar surface area (TPSA) is 51.0 Å². The number of nitrogens with zero attached hydrogens (tertiary/aromatic N) is 2. The van der Waals surface area contributed by atoms with Crippen LogP contribution in [0.25, 0.3) is 0 Å². The Balaban J connectivity index is 1.85. The monoisotopic (exact) mass is 277 g/mol. The molecule has 0 spiro atoms. The van der Waals surface area contributed by atoms with Crippen LogP contribution in [0.1, 0.15) is 24.2 Å². The fourth-order valence-electron chi connectivity index (χ4n) is 1.78. The van der Waals surface area contributed by atoms with Gasteiger partial charge in [0.25, 0.3) is 0 Å². The Bertz CT molecular complexity index is 486. The Hall–Kier alpha value is -1.33. The first kappa shape index (κ1) is 14.1. The first-order valence-electron chi connectivity index (χ1n) is 6.35. The average molecular weight is 277 g/mol. The largest absolute Gasteiger partial charge is 0.338 e. The van der Waals surface area contributed by atoms with Crippen molar-refractivity contribution in [2.45, 2.75) is 25.9 Å². The van der Waals surface area contributed by atoms with Crippen molar-refractivity contribution in [3.8, 4) is 0 Å². The predicted octanol–water partition coefficient (Wildman–Crippen LogP) is 2.50. The van der Waals surface area contributed by atoms with Gasteiger partial charge < -0.3 is 9.84 Å². The number of nitrogens with one attached hydrogen (secondary N) is 1. The Morgan fingerprint density at radius 3 is 2.84 bits per heavy atom. The molecular weight excluding hydrogens is 258 g/mol. The molecule has 0 aliphatic carbocycles. The molecule has 1 aromatic carbocycles. The third-order valence-electron chi connectivity index (χ3n) is 2.73. The van der Waals surface area contributed by atoms with Gasteiger partial charge in [0.05, 0.1) is 6.54 Å². The molecule has 0 saturated carbocycles. The zero-order valence-corrected chi connectivity index (χ0v) is 12.1. The van der Waals surface area contributed by atoms with Crippen LogP contribution >= 0.6 is 11.8 Å². The van der Waals surface area contributed by atoms with Gasteiger partial charge in [-0.2, -0.15) is 16.7 Å². The van der Waals surface area contributed by atoms with E-state index in [1.165, 1.54) is 5.56 Å². The zero-order chi connectivity index (χ0) is 13.5. The van der Waals surface area contributed by atoms with Crippen LogP contribution in [0.4, 0.5) is 0 Å². The molecule has 2 aromatic rings. The van der Waals surface area contributed by atoms with E-state index in [0.717, 1.165) is 11.6 Å². The van der Waals surface area contributed by atoms with E-state index in [4.69, 9.17) is 4.52 Å². The molecule has 1 atom stereocenters. The van der Waals surface area contributed by atoms with Crippen molar-refractivity contribution in [1.82, 2.24) is 15.5 Å². The Morgan fingerprint density at radius 2 is 2.11 bits per heavy atom. The summed E-state index contributed by atoms with van der Waals surface area (Å²) in [5, 5.41) is 7.36. The summed E-state index contributed by atoms with van der Waals surface area (Å²) in [5.41, 5.74) is 1.19. The number of hydrogen-bond donors (Lipinski definition) is 1. The Labute approximate surface area is 118 Å². The molecule has 0 bridgehead atoms. The van der Waals surface area contributed by atoms with E-state index in [1.807, 2.05) is 30.0 Å². The number of rotatable bonds is 7. The number of aromatic nitrogens is 2. The molecular formula is C14H19N3OS. The molecule has 0 radical (unpaired) electrons. The first-order valence-corrected chi connectivity index (χ1v) is 7.75. The van der Waals surface area contributed by atoms with E-state index in [1.54, 1.807) is 0 Å². The first-order chi connectivity index (χ1) is 9.28. The maximum Gasteiger partial charge on any atom is 0.240 e. The van der Waals surface area contributed by atoms with Crippen LogP contribution in [-0.2, 0) is 13.0 Å². The molecule has 19 heavy (non-hydrogen) atoms. The number of benzene rings is 1. The van der Waals surface area contributed by atoms with Gasteiger partial charge in [-0.15, -0.1) is 0 Å². The van der Waals surface area contributed by atoms with Crippen LogP contribution in [0.15, 0.2) is 34.9 Å². The zero-order valence-electron chi connectivity index (χ0n) is 11.3. The maximum absolute atomic E-state index is 5.23. The van der Waals surface area contributed by atoms with Gasteiger partial charge in [-0.25, -0.2) is 0 Å². The van der Waals surface area contributed by atoms with Gasteiger partial charge in [0, 0.05) is 18.2 Å². The molecule has 102 valence electrons. The third kappa shape index (κ3) is 4.69. The highest BCUT2D eigenvalue weighted by molar-refractivity contribution is 7.98. The van der Waals surface area contributed by atoms with Gasteiger partial charge in [0.2, 0.25) is 5.89 Å². The van der Waals surface area contributed by atoms with Crippen molar-refractivity contribution in [1.29, 1.82) is 0 Å². The maximum atomic E-state index is 5.23. The average Bonchev–Trinajstić information content (AvgIpc) is 2.86. The van der Waals surface area contributed by atoms with Crippen LogP contribution < -0.4 is 5.32 Å². The summed E-state index contributed by atoms with van der Waals surface area (Å²) in [5.74, 6) is 2.46. The second-order valence-corrected chi connectivity index (χ2v) is 5.41. The van der Waals surface area contributed by atoms with Crippen LogP contribution in [0.5, 0.6) is 0 Å². The second kappa shape index (κ2) is 7.31. The molecule has 1 unspecified atom stereocenters. The molecule has 5 heteroatoms. The van der Waals surface area contributed by atoms with Crippen molar-refractivity contribution in [3.05, 3.63) is 47.6 Å². The summed E-state index contributed by atoms with van der Waals surface area (Å²) in [6, 6.07) is 10.6. The highest BCUT2D eigenvalue weighted by Gasteiger charge is 2.08. The summed E-state index contributed by atoms with van der Waals surface area (Å²) < 4.78 is 5.23. The van der Waals surface area contributed by atoms with Crippen molar-refractivity contribution in [3.63, 3.8) is 0 Å². The Morgan fingerprint density at radius 1 is 1.32 bits per heavy atom. The minimum atomic E-state index is 0.444. The molecule has 4 nitrogen and oxygen atoms in total. The third-order valence-corrected chi connectivity index (χ3v) is 3.57. The van der Waals surface area contributed by atoms with Gasteiger partial charge in [0.1, 0.15) is 0 Å². The predicted molar refractivity (Wildman–Crippen MR) is 78.2 cm³/mol. The van der Waals surface area contributed by atoms with Crippen molar-refractivity contribution < 1.29 is 4.52 Å². The van der Waals surface area contributed by atoms with Crippen LogP contribution in [0.3, 0.4) is 0 Å². The minimum Gasteiger partial charge on any atom is -0.338 e. The summed E-state index contributed by atoms with van der Waals surface area (Å²) in [6.07, 6.45) is 2.81. The van der Waals surface area contributed by atoms with Crippen molar-refractivity contribution in [2.75, 3.05) is 12.0 Å². The van der Waals surface area contributed by atoms with Crippen molar-refractivity contribution in [2.24, 2.45) is 0 Å². The Kier molecular flexibility index (Phi) is 5.42. The van der Waals surface area contributed by atoms with Gasteiger partial charge in [-0.3, -0.25) is 0 Å². The van der Waals surface area contributed by atoms with E-state index < -0.39 is 0 Å². The summed E-state index contributed by atoms with van der Waals surface area (Å²) in [7, 11) is 0. The highest BCUT2D eigenvalue weighted by atomic mass is 32.2. The number of hydrogen-bond acceptors (Lipinski definition) is 5. The van der Waals surface area contributed by atoms with E-state index in [2.05, 4.69) is 40.8 Å². The van der Waals surface area contributed by atoms with Crippen LogP contribution in [0, 0.1) is 0 Å². The molecule has 0 amide bonds. The van der Waals surface area contributed by atoms with Crippen LogP contribution in [-0.4, -0.2) is 28.2 Å². The number of thioether (sulfide) groups is 1. The van der Waals surface area contributed by atoms with E-state index >= 15 is 0 Å². The lowest BCUT2D eigenvalue weighted by molar-refractivity contribution is 0.358. The molecule has 1 aromatic heterocycles. The van der Waals surface area contributed by atoms with Gasteiger partial charge in [0.15, 0.2) is 5.82 Å². The standard InChI is InChI=1S/C14H19N3OS/c1-11(10-19-2)15-9-14-16-13(17-18-14)8-12-6-4-3-5-7-12/h3-7,11,15H,8-10H2,1-2H3. The molecule has 1 N–H and O–H groups in total. The molecule has 1 heterocycles. The molecule has 0 aliphatic heterocycles. The lowest BCUT2D eigenvalue weighted by Crippen LogP contribution is -2.27. The fourth-order valence-corrected chi connectivity index (χ4v) is 2.40. The summed E-state index contributed by atoms with van der Waals surface area (Å²) >= 11 is 1.82. The van der Waals surface area contributed by atoms with Crippen molar-refractivity contribution >= 4 is 11.8 Å². The van der Waals surface area contributed by atoms with E-state index in [9.17, 15) is 0 Å². The highest BCUT2D eigenvalue weighted by Crippen LogP contribution is 2.06. The molecule has 0 aliphatic rings. The molecule has 0 saturated heterocycles. The van der Waals surface area contributed by atoms with Gasteiger partial charge in [-0.05, 0) is 18.7 Å². The lowest BCUT2D eigenvalue weighted by Gasteiger charge is -2.09. The van der Waals surface area contributed by atoms with E-state index in [-0.39, 0.29) is 0 Å². The van der Waals surface area contributed by atoms with E-state index in [0.29, 0.717) is 24.9 Å². The summed E-state index contributed by atoms with van der Waals surface area (Å²) in [6.45, 7) is 2.78. The van der Waals surface area contributed by atoms with Crippen LogP contribution in [0.2, 0.25) is 0 Å². The van der Waals surface area contributed by atoms with Gasteiger partial charge >= 0.3 is 0 Å². The lowest BCUT2D eigenvalue weighted by atomic mass is 10.1. The fraction of sp³-hybridized carbons (Fsp3) is 0.429. The second-order valence-electron chi connectivity index (χ2n) is 4.50. The van der Waals surface area contributed by atoms with Gasteiger partial charge in [-0.1, -0.05) is 35.5 Å². The SMILES string of the molecule is CSCC(C)NCc1nc(Cc2ccccc2)no1. The molecule has 2 rings (SSSR count). The summed E-state index contributed by atoms with van der Waals surface area (Å²) in [4.78, 5) is 4.39. The quantitative estimate of drug-likeness (QED) is 0.842.